The Kier molecular flexibility index (Phi) is 5.77. The van der Waals surface area contributed by atoms with Gasteiger partial charge in [0.15, 0.2) is 0 Å². The fourth-order valence-electron chi connectivity index (χ4n) is 2.07. The van der Waals surface area contributed by atoms with Crippen LogP contribution in [0, 0.1) is 0 Å². The van der Waals surface area contributed by atoms with E-state index in [1.54, 1.807) is 0 Å². The lowest BCUT2D eigenvalue weighted by Crippen LogP contribution is -2.47. The number of unbranched alkanes of at least 4 members (excludes halogenated alkanes) is 1. The quantitative estimate of drug-likeness (QED) is 0.751. The highest BCUT2D eigenvalue weighted by molar-refractivity contribution is 5.77. The van der Waals surface area contributed by atoms with Crippen LogP contribution in [-0.2, 0) is 4.79 Å². The van der Waals surface area contributed by atoms with Crippen LogP contribution in [-0.4, -0.2) is 55.0 Å². The average molecular weight is 227 g/mol. The highest BCUT2D eigenvalue weighted by Crippen LogP contribution is 2.08. The van der Waals surface area contributed by atoms with Gasteiger partial charge in [0.2, 0.25) is 5.91 Å². The van der Waals surface area contributed by atoms with E-state index in [-0.39, 0.29) is 11.9 Å². The Labute approximate surface area is 98.8 Å². The Morgan fingerprint density at radius 1 is 1.56 bits per heavy atom. The number of carbonyl (C=O) groups excluding carboxylic acids is 1. The lowest BCUT2D eigenvalue weighted by Gasteiger charge is -2.31. The van der Waals surface area contributed by atoms with Crippen LogP contribution < -0.4 is 5.73 Å². The van der Waals surface area contributed by atoms with Gasteiger partial charge in [-0.25, -0.2) is 0 Å². The largest absolute Gasteiger partial charge is 0.345 e. The zero-order chi connectivity index (χ0) is 12.0. The lowest BCUT2D eigenvalue weighted by atomic mass is 10.1. The smallest absolute Gasteiger partial charge is 0.236 e. The molecule has 94 valence electrons. The molecule has 0 aromatic heterocycles. The van der Waals surface area contributed by atoms with Gasteiger partial charge < -0.3 is 10.6 Å². The van der Waals surface area contributed by atoms with Crippen molar-refractivity contribution in [3.05, 3.63) is 0 Å². The molecule has 1 aliphatic rings. The second-order valence-corrected chi connectivity index (χ2v) is 4.81. The van der Waals surface area contributed by atoms with Gasteiger partial charge in [-0.15, -0.1) is 0 Å². The SMILES string of the molecule is CCCCN(C)C(=O)CN1CCC[C@@H](N)C1. The molecule has 0 aromatic rings. The number of carbonyl (C=O) groups is 1. The summed E-state index contributed by atoms with van der Waals surface area (Å²) in [5, 5.41) is 0. The maximum absolute atomic E-state index is 11.9. The molecule has 0 aliphatic carbocycles. The standard InChI is InChI=1S/C12H25N3O/c1-3-4-7-14(2)12(16)10-15-8-5-6-11(13)9-15/h11H,3-10,13H2,1-2H3/t11-/m1/s1. The first-order valence-electron chi connectivity index (χ1n) is 6.35. The van der Waals surface area contributed by atoms with Gasteiger partial charge in [0, 0.05) is 26.2 Å². The Bertz CT molecular complexity index is 220. The van der Waals surface area contributed by atoms with E-state index in [2.05, 4.69) is 11.8 Å². The molecule has 0 spiro atoms. The zero-order valence-electron chi connectivity index (χ0n) is 10.6. The summed E-state index contributed by atoms with van der Waals surface area (Å²) >= 11 is 0. The van der Waals surface area contributed by atoms with Gasteiger partial charge in [-0.2, -0.15) is 0 Å². The van der Waals surface area contributed by atoms with Gasteiger partial charge in [-0.3, -0.25) is 9.69 Å². The minimum absolute atomic E-state index is 0.225. The monoisotopic (exact) mass is 227 g/mol. The van der Waals surface area contributed by atoms with Crippen molar-refractivity contribution < 1.29 is 4.79 Å². The summed E-state index contributed by atoms with van der Waals surface area (Å²) in [5.41, 5.74) is 5.89. The maximum Gasteiger partial charge on any atom is 0.236 e. The van der Waals surface area contributed by atoms with E-state index < -0.39 is 0 Å². The highest BCUT2D eigenvalue weighted by atomic mass is 16.2. The number of hydrogen-bond acceptors (Lipinski definition) is 3. The molecule has 2 N–H and O–H groups in total. The van der Waals surface area contributed by atoms with E-state index in [0.717, 1.165) is 45.3 Å². The van der Waals surface area contributed by atoms with Crippen molar-refractivity contribution in [3.8, 4) is 0 Å². The molecule has 1 heterocycles. The van der Waals surface area contributed by atoms with Crippen LogP contribution in [0.15, 0.2) is 0 Å². The summed E-state index contributed by atoms with van der Waals surface area (Å²) in [6.07, 6.45) is 4.43. The third kappa shape index (κ3) is 4.49. The van der Waals surface area contributed by atoms with Crippen molar-refractivity contribution in [2.45, 2.75) is 38.6 Å². The summed E-state index contributed by atoms with van der Waals surface area (Å²) in [4.78, 5) is 15.9. The molecule has 4 heteroatoms. The van der Waals surface area contributed by atoms with Gasteiger partial charge >= 0.3 is 0 Å². The van der Waals surface area contributed by atoms with Gasteiger partial charge in [-0.05, 0) is 25.8 Å². The first kappa shape index (κ1) is 13.5. The van der Waals surface area contributed by atoms with Crippen LogP contribution in [0.1, 0.15) is 32.6 Å². The van der Waals surface area contributed by atoms with Crippen LogP contribution in [0.3, 0.4) is 0 Å². The number of likely N-dealkylation sites (tertiary alicyclic amines) is 1. The Morgan fingerprint density at radius 2 is 2.31 bits per heavy atom. The topological polar surface area (TPSA) is 49.6 Å². The predicted molar refractivity (Wildman–Crippen MR) is 66.2 cm³/mol. The van der Waals surface area contributed by atoms with Crippen LogP contribution in [0.5, 0.6) is 0 Å². The van der Waals surface area contributed by atoms with E-state index >= 15 is 0 Å². The number of amides is 1. The molecule has 4 nitrogen and oxygen atoms in total. The first-order chi connectivity index (χ1) is 7.63. The Hall–Kier alpha value is -0.610. The summed E-state index contributed by atoms with van der Waals surface area (Å²) in [6.45, 7) is 5.43. The van der Waals surface area contributed by atoms with Crippen molar-refractivity contribution >= 4 is 5.91 Å². The van der Waals surface area contributed by atoms with Crippen molar-refractivity contribution in [3.63, 3.8) is 0 Å². The van der Waals surface area contributed by atoms with E-state index in [1.807, 2.05) is 11.9 Å². The van der Waals surface area contributed by atoms with Crippen molar-refractivity contribution in [2.75, 3.05) is 33.2 Å². The third-order valence-corrected chi connectivity index (χ3v) is 3.17. The number of nitrogens with two attached hydrogens (primary N) is 1. The molecule has 16 heavy (non-hydrogen) atoms. The van der Waals surface area contributed by atoms with Crippen LogP contribution in [0.25, 0.3) is 0 Å². The molecule has 1 rings (SSSR count). The Balaban J connectivity index is 2.26. The second-order valence-electron chi connectivity index (χ2n) is 4.81. The highest BCUT2D eigenvalue weighted by Gasteiger charge is 2.20. The molecule has 0 saturated carbocycles. The van der Waals surface area contributed by atoms with Crippen molar-refractivity contribution in [2.24, 2.45) is 5.73 Å². The van der Waals surface area contributed by atoms with Gasteiger partial charge in [0.1, 0.15) is 0 Å². The molecule has 1 amide bonds. The fourth-order valence-corrected chi connectivity index (χ4v) is 2.07. The molecular weight excluding hydrogens is 202 g/mol. The van der Waals surface area contributed by atoms with Crippen LogP contribution in [0.2, 0.25) is 0 Å². The molecule has 1 atom stereocenters. The summed E-state index contributed by atoms with van der Waals surface area (Å²) in [6, 6.07) is 0.252. The summed E-state index contributed by atoms with van der Waals surface area (Å²) < 4.78 is 0. The lowest BCUT2D eigenvalue weighted by molar-refractivity contribution is -0.131. The number of hydrogen-bond donors (Lipinski definition) is 1. The van der Waals surface area contributed by atoms with Gasteiger partial charge in [-0.1, -0.05) is 13.3 Å². The number of piperidine rings is 1. The zero-order valence-corrected chi connectivity index (χ0v) is 10.6. The van der Waals surface area contributed by atoms with Gasteiger partial charge in [0.05, 0.1) is 6.54 Å². The van der Waals surface area contributed by atoms with Crippen molar-refractivity contribution in [1.82, 2.24) is 9.80 Å². The number of rotatable bonds is 5. The van der Waals surface area contributed by atoms with Crippen LogP contribution >= 0.6 is 0 Å². The van der Waals surface area contributed by atoms with Crippen LogP contribution in [0.4, 0.5) is 0 Å². The minimum Gasteiger partial charge on any atom is -0.345 e. The normalized spacial score (nSPS) is 22.1. The molecular formula is C12H25N3O. The van der Waals surface area contributed by atoms with E-state index in [0.29, 0.717) is 6.54 Å². The fraction of sp³-hybridized carbons (Fsp3) is 0.917. The van der Waals surface area contributed by atoms with E-state index in [4.69, 9.17) is 5.73 Å². The number of nitrogens with zero attached hydrogens (tertiary/aromatic N) is 2. The second kappa shape index (κ2) is 6.86. The van der Waals surface area contributed by atoms with Crippen molar-refractivity contribution in [1.29, 1.82) is 0 Å². The first-order valence-corrected chi connectivity index (χ1v) is 6.35. The molecule has 1 saturated heterocycles. The average Bonchev–Trinajstić information content (AvgIpc) is 2.25. The molecule has 1 fully saturated rings. The maximum atomic E-state index is 11.9. The summed E-state index contributed by atoms with van der Waals surface area (Å²) in [5.74, 6) is 0.225. The van der Waals surface area contributed by atoms with E-state index in [1.165, 1.54) is 0 Å². The molecule has 1 aliphatic heterocycles. The molecule has 0 bridgehead atoms. The Morgan fingerprint density at radius 3 is 2.94 bits per heavy atom. The summed E-state index contributed by atoms with van der Waals surface area (Å²) in [7, 11) is 1.89. The molecule has 0 radical (unpaired) electrons. The van der Waals surface area contributed by atoms with Gasteiger partial charge in [0.25, 0.3) is 0 Å². The molecule has 0 aromatic carbocycles. The third-order valence-electron chi connectivity index (χ3n) is 3.17. The minimum atomic E-state index is 0.225. The number of likely N-dealkylation sites (N-methyl/N-ethyl adjacent to an activating group) is 1. The predicted octanol–water partition coefficient (Wildman–Crippen LogP) is 0.668. The molecule has 0 unspecified atom stereocenters. The van der Waals surface area contributed by atoms with E-state index in [9.17, 15) is 4.79 Å².